The highest BCUT2D eigenvalue weighted by Crippen LogP contribution is 2.25. The van der Waals surface area contributed by atoms with E-state index >= 15 is 0 Å². The van der Waals surface area contributed by atoms with E-state index in [1.165, 1.54) is 51.4 Å². The van der Waals surface area contributed by atoms with E-state index in [1.54, 1.807) is 0 Å². The average Bonchev–Trinajstić information content (AvgIpc) is 2.71. The second-order valence-corrected chi connectivity index (χ2v) is 8.23. The summed E-state index contributed by atoms with van der Waals surface area (Å²) in [6.07, 6.45) is 10.2. The van der Waals surface area contributed by atoms with Crippen molar-refractivity contribution < 1.29 is 4.74 Å². The molecule has 0 bridgehead atoms. The zero-order valence-electron chi connectivity index (χ0n) is 18.8. The van der Waals surface area contributed by atoms with Gasteiger partial charge in [0.1, 0.15) is 11.5 Å². The number of nitrogens with one attached hydrogen (secondary N) is 2. The second-order valence-electron chi connectivity index (χ2n) is 8.23. The van der Waals surface area contributed by atoms with Gasteiger partial charge in [-0.15, -0.1) is 0 Å². The molecule has 0 spiro atoms. The summed E-state index contributed by atoms with van der Waals surface area (Å²) < 4.78 is 6.00. The maximum atomic E-state index is 6.00. The van der Waals surface area contributed by atoms with Gasteiger partial charge in [0.25, 0.3) is 0 Å². The first-order valence-corrected chi connectivity index (χ1v) is 11.5. The minimum absolute atomic E-state index is 0.498. The summed E-state index contributed by atoms with van der Waals surface area (Å²) in [5.74, 6) is 1.73. The highest BCUT2D eigenvalue weighted by Gasteiger charge is 2.04. The predicted molar refractivity (Wildman–Crippen MR) is 127 cm³/mol. The second kappa shape index (κ2) is 13.1. The zero-order chi connectivity index (χ0) is 20.9. The van der Waals surface area contributed by atoms with E-state index in [0.717, 1.165) is 22.9 Å². The molecule has 0 aliphatic rings. The molecule has 0 aliphatic carbocycles. The van der Waals surface area contributed by atoms with Crippen LogP contribution in [-0.2, 0) is 0 Å². The van der Waals surface area contributed by atoms with E-state index in [1.807, 2.05) is 24.3 Å². The van der Waals surface area contributed by atoms with E-state index < -0.39 is 0 Å². The van der Waals surface area contributed by atoms with Crippen LogP contribution in [0.25, 0.3) is 0 Å². The zero-order valence-corrected chi connectivity index (χ0v) is 18.8. The van der Waals surface area contributed by atoms with E-state index in [2.05, 4.69) is 62.6 Å². The van der Waals surface area contributed by atoms with Crippen molar-refractivity contribution in [2.45, 2.75) is 91.1 Å². The largest absolute Gasteiger partial charge is 0.457 e. The topological polar surface area (TPSA) is 33.3 Å². The first-order valence-electron chi connectivity index (χ1n) is 11.5. The van der Waals surface area contributed by atoms with Crippen molar-refractivity contribution in [3.8, 4) is 11.5 Å². The van der Waals surface area contributed by atoms with Gasteiger partial charge in [0.05, 0.1) is 0 Å². The molecule has 0 aliphatic heterocycles. The van der Waals surface area contributed by atoms with Crippen molar-refractivity contribution >= 4 is 11.4 Å². The van der Waals surface area contributed by atoms with Crippen LogP contribution in [0.2, 0.25) is 0 Å². The molecule has 2 aromatic carbocycles. The fourth-order valence-corrected chi connectivity index (χ4v) is 3.49. The lowest BCUT2D eigenvalue weighted by Crippen LogP contribution is -2.14. The molecule has 160 valence electrons. The Bertz CT molecular complexity index is 607. The number of hydrogen-bond acceptors (Lipinski definition) is 3. The number of ether oxygens (including phenoxy) is 1. The van der Waals surface area contributed by atoms with Crippen LogP contribution in [0.3, 0.4) is 0 Å². The number of rotatable bonds is 14. The van der Waals surface area contributed by atoms with Crippen molar-refractivity contribution in [2.75, 3.05) is 10.6 Å². The molecule has 3 heteroatoms. The summed E-state index contributed by atoms with van der Waals surface area (Å²) in [7, 11) is 0. The number of hydrogen-bond donors (Lipinski definition) is 2. The van der Waals surface area contributed by atoms with Crippen LogP contribution in [0, 0.1) is 0 Å². The third-order valence-corrected chi connectivity index (χ3v) is 5.25. The summed E-state index contributed by atoms with van der Waals surface area (Å²) in [4.78, 5) is 0. The van der Waals surface area contributed by atoms with Crippen molar-refractivity contribution in [2.24, 2.45) is 0 Å². The smallest absolute Gasteiger partial charge is 0.127 e. The molecular weight excluding hydrogens is 356 g/mol. The Hall–Kier alpha value is -2.16. The standard InChI is InChI=1S/C26H40N2O/c1-5-7-9-11-21(3)27-23-13-17-25(18-14-23)29-26-19-15-24(16-20-26)28-22(4)12-10-8-6-2/h13-22,27-28H,5-12H2,1-4H3. The number of benzene rings is 2. The molecule has 3 nitrogen and oxygen atoms in total. The van der Waals surface area contributed by atoms with E-state index in [4.69, 9.17) is 4.74 Å². The molecule has 29 heavy (non-hydrogen) atoms. The summed E-state index contributed by atoms with van der Waals surface area (Å²) in [6.45, 7) is 8.99. The van der Waals surface area contributed by atoms with Gasteiger partial charge in [-0.05, 0) is 75.2 Å². The van der Waals surface area contributed by atoms with E-state index in [0.29, 0.717) is 12.1 Å². The molecule has 2 aromatic rings. The van der Waals surface area contributed by atoms with Crippen LogP contribution in [0.15, 0.2) is 48.5 Å². The van der Waals surface area contributed by atoms with Gasteiger partial charge in [-0.25, -0.2) is 0 Å². The molecule has 0 fully saturated rings. The SMILES string of the molecule is CCCCCC(C)Nc1ccc(Oc2ccc(NC(C)CCCCC)cc2)cc1. The summed E-state index contributed by atoms with van der Waals surface area (Å²) in [6, 6.07) is 17.5. The molecule has 0 radical (unpaired) electrons. The molecule has 2 N–H and O–H groups in total. The molecule has 0 saturated heterocycles. The minimum Gasteiger partial charge on any atom is -0.457 e. The minimum atomic E-state index is 0.498. The van der Waals surface area contributed by atoms with Gasteiger partial charge < -0.3 is 15.4 Å². The van der Waals surface area contributed by atoms with Crippen molar-refractivity contribution in [3.05, 3.63) is 48.5 Å². The lowest BCUT2D eigenvalue weighted by molar-refractivity contribution is 0.482. The molecule has 0 amide bonds. The van der Waals surface area contributed by atoms with Gasteiger partial charge in [0.2, 0.25) is 0 Å². The maximum absolute atomic E-state index is 6.00. The van der Waals surface area contributed by atoms with E-state index in [-0.39, 0.29) is 0 Å². The number of anilines is 2. The van der Waals surface area contributed by atoms with Gasteiger partial charge in [-0.3, -0.25) is 0 Å². The quantitative estimate of drug-likeness (QED) is 0.315. The maximum Gasteiger partial charge on any atom is 0.127 e. The lowest BCUT2D eigenvalue weighted by Gasteiger charge is -2.16. The van der Waals surface area contributed by atoms with Crippen LogP contribution in [-0.4, -0.2) is 12.1 Å². The van der Waals surface area contributed by atoms with Crippen molar-refractivity contribution in [1.82, 2.24) is 0 Å². The number of unbranched alkanes of at least 4 members (excludes halogenated alkanes) is 4. The highest BCUT2D eigenvalue weighted by atomic mass is 16.5. The first-order chi connectivity index (χ1) is 14.1. The first kappa shape index (κ1) is 23.1. The molecule has 2 unspecified atom stereocenters. The van der Waals surface area contributed by atoms with Gasteiger partial charge in [0, 0.05) is 23.5 Å². The summed E-state index contributed by atoms with van der Waals surface area (Å²) >= 11 is 0. The van der Waals surface area contributed by atoms with Gasteiger partial charge >= 0.3 is 0 Å². The Balaban J connectivity index is 1.79. The van der Waals surface area contributed by atoms with Gasteiger partial charge in [0.15, 0.2) is 0 Å². The normalized spacial score (nSPS) is 13.0. The van der Waals surface area contributed by atoms with E-state index in [9.17, 15) is 0 Å². The van der Waals surface area contributed by atoms with Crippen LogP contribution < -0.4 is 15.4 Å². The fraction of sp³-hybridized carbons (Fsp3) is 0.538. The van der Waals surface area contributed by atoms with Gasteiger partial charge in [-0.1, -0.05) is 52.4 Å². The average molecular weight is 397 g/mol. The molecule has 2 atom stereocenters. The molecule has 0 heterocycles. The molecule has 0 aromatic heterocycles. The molecule has 0 saturated carbocycles. The molecule has 2 rings (SSSR count). The Morgan fingerprint density at radius 2 is 1.00 bits per heavy atom. The third-order valence-electron chi connectivity index (χ3n) is 5.25. The Morgan fingerprint density at radius 3 is 1.34 bits per heavy atom. The highest BCUT2D eigenvalue weighted by molar-refractivity contribution is 5.50. The van der Waals surface area contributed by atoms with Crippen LogP contribution >= 0.6 is 0 Å². The van der Waals surface area contributed by atoms with Gasteiger partial charge in [-0.2, -0.15) is 0 Å². The van der Waals surface area contributed by atoms with Crippen molar-refractivity contribution in [3.63, 3.8) is 0 Å². The Morgan fingerprint density at radius 1 is 0.621 bits per heavy atom. The van der Waals surface area contributed by atoms with Crippen LogP contribution in [0.5, 0.6) is 11.5 Å². The fourth-order valence-electron chi connectivity index (χ4n) is 3.49. The van der Waals surface area contributed by atoms with Crippen LogP contribution in [0.4, 0.5) is 11.4 Å². The predicted octanol–water partition coefficient (Wildman–Crippen LogP) is 8.24. The van der Waals surface area contributed by atoms with Crippen molar-refractivity contribution in [1.29, 1.82) is 0 Å². The Labute approximate surface area is 178 Å². The van der Waals surface area contributed by atoms with Crippen LogP contribution in [0.1, 0.15) is 79.1 Å². The summed E-state index contributed by atoms with van der Waals surface area (Å²) in [5.41, 5.74) is 2.30. The summed E-state index contributed by atoms with van der Waals surface area (Å²) in [5, 5.41) is 7.14. The monoisotopic (exact) mass is 396 g/mol. The molecular formula is C26H40N2O. The third kappa shape index (κ3) is 9.25. The Kier molecular flexibility index (Phi) is 10.5. The lowest BCUT2D eigenvalue weighted by atomic mass is 10.1.